The van der Waals surface area contributed by atoms with Gasteiger partial charge in [-0.15, -0.1) is 0 Å². The number of rotatable bonds is 19. The van der Waals surface area contributed by atoms with Gasteiger partial charge in [0.2, 0.25) is 5.88 Å². The summed E-state index contributed by atoms with van der Waals surface area (Å²) in [4.78, 5) is 4.98. The highest BCUT2D eigenvalue weighted by Crippen LogP contribution is 2.34. The van der Waals surface area contributed by atoms with Crippen LogP contribution in [0.2, 0.25) is 0 Å². The van der Waals surface area contributed by atoms with Crippen LogP contribution in [0.25, 0.3) is 21.7 Å². The van der Waals surface area contributed by atoms with Crippen LogP contribution in [-0.2, 0) is 0 Å². The third kappa shape index (κ3) is 10.5. The zero-order chi connectivity index (χ0) is 26.3. The highest BCUT2D eigenvalue weighted by atomic mass is 79.9. The number of unbranched alkanes of at least 4 members (excludes halogenated alkanes) is 12. The first-order valence-corrected chi connectivity index (χ1v) is 16.5. The molecule has 0 aliphatic carbocycles. The minimum absolute atomic E-state index is 0.605. The Morgan fingerprint density at radius 3 is 1.73 bits per heavy atom. The lowest BCUT2D eigenvalue weighted by Crippen LogP contribution is -2.13. The summed E-state index contributed by atoms with van der Waals surface area (Å²) in [5, 5.41) is 3.46. The third-order valence-electron chi connectivity index (χ3n) is 7.57. The zero-order valence-corrected chi connectivity index (χ0v) is 26.3. The molecule has 0 saturated heterocycles. The van der Waals surface area contributed by atoms with E-state index in [0.717, 1.165) is 32.3 Å². The molecular formula is C33H47Br2NO. The SMILES string of the molecule is CCCCCCCCCCC(CCCCCCCC)COc1nc2cc(Br)ccc2c2ccc(Br)cc12. The molecule has 3 aromatic rings. The van der Waals surface area contributed by atoms with Crippen molar-refractivity contribution in [3.63, 3.8) is 0 Å². The van der Waals surface area contributed by atoms with Gasteiger partial charge in [0.05, 0.1) is 12.1 Å². The van der Waals surface area contributed by atoms with Crippen LogP contribution in [0.4, 0.5) is 0 Å². The monoisotopic (exact) mass is 631 g/mol. The maximum atomic E-state index is 6.56. The van der Waals surface area contributed by atoms with Crippen molar-refractivity contribution in [1.29, 1.82) is 0 Å². The molecule has 4 heteroatoms. The summed E-state index contributed by atoms with van der Waals surface area (Å²) in [5.74, 6) is 1.37. The Bertz CT molecular complexity index is 1070. The predicted molar refractivity (Wildman–Crippen MR) is 169 cm³/mol. The molecule has 0 N–H and O–H groups in total. The molecule has 1 atom stereocenters. The normalized spacial score (nSPS) is 12.4. The number of aromatic nitrogens is 1. The van der Waals surface area contributed by atoms with Gasteiger partial charge in [-0.3, -0.25) is 0 Å². The minimum Gasteiger partial charge on any atom is -0.477 e. The highest BCUT2D eigenvalue weighted by molar-refractivity contribution is 9.10. The maximum Gasteiger partial charge on any atom is 0.221 e. The minimum atomic E-state index is 0.605. The van der Waals surface area contributed by atoms with E-state index in [9.17, 15) is 0 Å². The quantitative estimate of drug-likeness (QED) is 0.0968. The number of ether oxygens (including phenoxy) is 1. The van der Waals surface area contributed by atoms with Crippen molar-refractivity contribution in [1.82, 2.24) is 4.98 Å². The van der Waals surface area contributed by atoms with Crippen molar-refractivity contribution in [2.45, 2.75) is 117 Å². The van der Waals surface area contributed by atoms with E-state index < -0.39 is 0 Å². The summed E-state index contributed by atoms with van der Waals surface area (Å²) in [5.41, 5.74) is 0.981. The van der Waals surface area contributed by atoms with Crippen molar-refractivity contribution in [3.05, 3.63) is 45.3 Å². The first-order chi connectivity index (χ1) is 18.1. The number of nitrogens with zero attached hydrogens (tertiary/aromatic N) is 1. The number of hydrogen-bond donors (Lipinski definition) is 0. The Balaban J connectivity index is 1.63. The van der Waals surface area contributed by atoms with E-state index in [1.165, 1.54) is 114 Å². The number of benzene rings is 2. The second kappa shape index (κ2) is 17.5. The van der Waals surface area contributed by atoms with Crippen molar-refractivity contribution >= 4 is 53.5 Å². The Hall–Kier alpha value is -1.13. The predicted octanol–water partition coefficient (Wildman–Crippen LogP) is 12.2. The van der Waals surface area contributed by atoms with Crippen LogP contribution in [0.15, 0.2) is 45.3 Å². The van der Waals surface area contributed by atoms with Gasteiger partial charge in [0, 0.05) is 19.7 Å². The molecule has 0 amide bonds. The van der Waals surface area contributed by atoms with Gasteiger partial charge in [-0.2, -0.15) is 0 Å². The summed E-state index contributed by atoms with van der Waals surface area (Å²) < 4.78 is 8.66. The molecule has 0 bridgehead atoms. The van der Waals surface area contributed by atoms with E-state index in [1.807, 2.05) is 0 Å². The number of fused-ring (bicyclic) bond motifs is 3. The molecule has 0 saturated carbocycles. The fraction of sp³-hybridized carbons (Fsp3) is 0.606. The summed E-state index contributed by atoms with van der Waals surface area (Å²) in [6.07, 6.45) is 21.6. The van der Waals surface area contributed by atoms with Crippen molar-refractivity contribution in [3.8, 4) is 5.88 Å². The smallest absolute Gasteiger partial charge is 0.221 e. The molecule has 0 aliphatic rings. The average molecular weight is 634 g/mol. The lowest BCUT2D eigenvalue weighted by molar-refractivity contribution is 0.220. The molecule has 1 heterocycles. The van der Waals surface area contributed by atoms with E-state index in [0.29, 0.717) is 5.92 Å². The molecule has 2 aromatic carbocycles. The Morgan fingerprint density at radius 1 is 0.622 bits per heavy atom. The molecule has 0 aliphatic heterocycles. The van der Waals surface area contributed by atoms with Gasteiger partial charge < -0.3 is 4.74 Å². The van der Waals surface area contributed by atoms with Gasteiger partial charge >= 0.3 is 0 Å². The second-order valence-corrected chi connectivity index (χ2v) is 12.6. The molecule has 1 unspecified atom stereocenters. The van der Waals surface area contributed by atoms with Crippen molar-refractivity contribution in [2.24, 2.45) is 5.92 Å². The summed E-state index contributed by atoms with van der Waals surface area (Å²) in [7, 11) is 0. The van der Waals surface area contributed by atoms with E-state index in [4.69, 9.17) is 9.72 Å². The first-order valence-electron chi connectivity index (χ1n) is 14.9. The third-order valence-corrected chi connectivity index (χ3v) is 8.56. The molecular weight excluding hydrogens is 586 g/mol. The van der Waals surface area contributed by atoms with Crippen LogP contribution in [0.1, 0.15) is 117 Å². The molecule has 0 spiro atoms. The van der Waals surface area contributed by atoms with E-state index in [2.05, 4.69) is 82.1 Å². The topological polar surface area (TPSA) is 22.1 Å². The summed E-state index contributed by atoms with van der Waals surface area (Å²) in [6.45, 7) is 5.35. The molecule has 0 radical (unpaired) electrons. The lowest BCUT2D eigenvalue weighted by atomic mass is 9.94. The van der Waals surface area contributed by atoms with Crippen LogP contribution in [0.5, 0.6) is 5.88 Å². The highest BCUT2D eigenvalue weighted by Gasteiger charge is 2.14. The molecule has 37 heavy (non-hydrogen) atoms. The van der Waals surface area contributed by atoms with Crippen molar-refractivity contribution in [2.75, 3.05) is 6.61 Å². The number of pyridine rings is 1. The Kier molecular flexibility index (Phi) is 14.3. The summed E-state index contributed by atoms with van der Waals surface area (Å²) >= 11 is 7.28. The van der Waals surface area contributed by atoms with Crippen LogP contribution >= 0.6 is 31.9 Å². The van der Waals surface area contributed by atoms with E-state index in [-0.39, 0.29) is 0 Å². The molecule has 204 valence electrons. The fourth-order valence-electron chi connectivity index (χ4n) is 5.32. The van der Waals surface area contributed by atoms with E-state index in [1.54, 1.807) is 0 Å². The fourth-order valence-corrected chi connectivity index (χ4v) is 6.03. The number of hydrogen-bond acceptors (Lipinski definition) is 2. The van der Waals surface area contributed by atoms with Crippen LogP contribution in [0.3, 0.4) is 0 Å². The standard InChI is InChI=1S/C33H47Br2NO/c1-3-5-7-9-11-12-14-16-18-26(17-15-13-10-8-6-4-2)25-37-33-31-23-27(34)19-21-29(31)30-22-20-28(35)24-32(30)36-33/h19-24,26H,3-18,25H2,1-2H3. The Morgan fingerprint density at radius 2 is 1.14 bits per heavy atom. The average Bonchev–Trinajstić information content (AvgIpc) is 2.89. The first kappa shape index (κ1) is 30.4. The van der Waals surface area contributed by atoms with Gasteiger partial charge in [-0.25, -0.2) is 4.98 Å². The van der Waals surface area contributed by atoms with Gasteiger partial charge in [-0.05, 0) is 48.4 Å². The maximum absolute atomic E-state index is 6.56. The van der Waals surface area contributed by atoms with E-state index >= 15 is 0 Å². The second-order valence-electron chi connectivity index (χ2n) is 10.8. The van der Waals surface area contributed by atoms with Crippen LogP contribution < -0.4 is 4.74 Å². The van der Waals surface area contributed by atoms with Gasteiger partial charge in [0.1, 0.15) is 0 Å². The van der Waals surface area contributed by atoms with Gasteiger partial charge in [0.25, 0.3) is 0 Å². The largest absolute Gasteiger partial charge is 0.477 e. The van der Waals surface area contributed by atoms with Crippen molar-refractivity contribution < 1.29 is 4.74 Å². The number of halogens is 2. The van der Waals surface area contributed by atoms with Gasteiger partial charge in [0.15, 0.2) is 0 Å². The zero-order valence-electron chi connectivity index (χ0n) is 23.2. The molecule has 3 rings (SSSR count). The van der Waals surface area contributed by atoms with Crippen LogP contribution in [0, 0.1) is 5.92 Å². The molecule has 1 aromatic heterocycles. The summed E-state index contributed by atoms with van der Waals surface area (Å²) in [6, 6.07) is 12.8. The van der Waals surface area contributed by atoms with Gasteiger partial charge in [-0.1, -0.05) is 148 Å². The Labute approximate surface area is 242 Å². The van der Waals surface area contributed by atoms with Crippen LogP contribution in [-0.4, -0.2) is 11.6 Å². The lowest BCUT2D eigenvalue weighted by Gasteiger charge is -2.19. The molecule has 2 nitrogen and oxygen atoms in total. The molecule has 0 fully saturated rings.